The molecule has 3 rings (SSSR count). The average molecular weight is 555 g/mol. The van der Waals surface area contributed by atoms with Crippen LogP contribution in [0.3, 0.4) is 0 Å². The summed E-state index contributed by atoms with van der Waals surface area (Å²) in [6.07, 6.45) is -1.45. The monoisotopic (exact) mass is 554 g/mol. The summed E-state index contributed by atoms with van der Waals surface area (Å²) >= 11 is 0. The summed E-state index contributed by atoms with van der Waals surface area (Å²) in [5, 5.41) is 7.12. The highest BCUT2D eigenvalue weighted by molar-refractivity contribution is 7.53. The van der Waals surface area contributed by atoms with Crippen molar-refractivity contribution < 1.29 is 33.1 Å². The molecule has 2 amide bonds. The van der Waals surface area contributed by atoms with E-state index in [0.717, 1.165) is 10.8 Å². The van der Waals surface area contributed by atoms with Gasteiger partial charge in [0.25, 0.3) is 0 Å². The first-order valence-electron chi connectivity index (χ1n) is 12.7. The molecule has 39 heavy (non-hydrogen) atoms. The predicted molar refractivity (Wildman–Crippen MR) is 149 cm³/mol. The van der Waals surface area contributed by atoms with Crippen LogP contribution in [-0.4, -0.2) is 47.7 Å². The van der Waals surface area contributed by atoms with Crippen molar-refractivity contribution in [2.75, 3.05) is 7.11 Å². The Kier molecular flexibility index (Phi) is 10.4. The minimum absolute atomic E-state index is 0.00475. The van der Waals surface area contributed by atoms with Crippen molar-refractivity contribution in [1.82, 2.24) is 10.6 Å². The van der Waals surface area contributed by atoms with Crippen molar-refractivity contribution in [2.45, 2.75) is 51.5 Å². The fourth-order valence-electron chi connectivity index (χ4n) is 4.22. The average Bonchev–Trinajstić information content (AvgIpc) is 2.90. The van der Waals surface area contributed by atoms with E-state index in [0.29, 0.717) is 11.1 Å². The van der Waals surface area contributed by atoms with Crippen LogP contribution in [0.4, 0.5) is 0 Å². The van der Waals surface area contributed by atoms with E-state index in [-0.39, 0.29) is 18.8 Å². The zero-order chi connectivity index (χ0) is 28.6. The number of hydrogen-bond donors (Lipinski definition) is 3. The highest BCUT2D eigenvalue weighted by Crippen LogP contribution is 2.49. The lowest BCUT2D eigenvalue weighted by Gasteiger charge is -2.29. The van der Waals surface area contributed by atoms with E-state index >= 15 is 0 Å². The lowest BCUT2D eigenvalue weighted by molar-refractivity contribution is -0.149. The van der Waals surface area contributed by atoms with Crippen LogP contribution in [0.2, 0.25) is 0 Å². The van der Waals surface area contributed by atoms with Gasteiger partial charge in [-0.2, -0.15) is 0 Å². The van der Waals surface area contributed by atoms with E-state index in [2.05, 4.69) is 10.6 Å². The second-order valence-corrected chi connectivity index (χ2v) is 11.7. The normalized spacial score (nSPS) is 15.1. The van der Waals surface area contributed by atoms with Crippen molar-refractivity contribution in [3.8, 4) is 0 Å². The van der Waals surface area contributed by atoms with Gasteiger partial charge in [-0.15, -0.1) is 0 Å². The quantitative estimate of drug-likeness (QED) is 0.228. The summed E-state index contributed by atoms with van der Waals surface area (Å²) in [6, 6.07) is 21.2. The van der Waals surface area contributed by atoms with Crippen LogP contribution in [-0.2, 0) is 41.1 Å². The Bertz CT molecular complexity index is 1350. The van der Waals surface area contributed by atoms with E-state index in [1.807, 2.05) is 42.5 Å². The Morgan fingerprint density at radius 2 is 1.51 bits per heavy atom. The maximum Gasteiger partial charge on any atom is 0.351 e. The summed E-state index contributed by atoms with van der Waals surface area (Å²) in [6.45, 7) is 4.79. The van der Waals surface area contributed by atoms with Crippen LogP contribution >= 0.6 is 7.60 Å². The number of ether oxygens (including phenoxy) is 1. The molecule has 0 heterocycles. The molecular weight excluding hydrogens is 519 g/mol. The lowest BCUT2D eigenvalue weighted by Crippen LogP contribution is -2.52. The molecule has 4 atom stereocenters. The zero-order valence-corrected chi connectivity index (χ0v) is 23.4. The van der Waals surface area contributed by atoms with Gasteiger partial charge in [0.1, 0.15) is 11.8 Å². The maximum atomic E-state index is 13.8. The molecule has 0 spiro atoms. The highest BCUT2D eigenvalue weighted by atomic mass is 31.2. The summed E-state index contributed by atoms with van der Waals surface area (Å²) in [5.41, 5.74) is 1.38. The number of esters is 1. The van der Waals surface area contributed by atoms with E-state index < -0.39 is 43.3 Å². The van der Waals surface area contributed by atoms with Gasteiger partial charge in [-0.1, -0.05) is 86.6 Å². The highest BCUT2D eigenvalue weighted by Gasteiger charge is 2.40. The minimum Gasteiger partial charge on any atom is -0.467 e. The SMILES string of the molecule is COC(=O)[C@H](Cc1ccccc1)OP(=O)(O)[C@@H](Cc1ccc2ccccc2c1)NC(=O)[C@@H](NC(C)=O)C(C)C. The second-order valence-electron chi connectivity index (χ2n) is 9.70. The lowest BCUT2D eigenvalue weighted by atomic mass is 10.0. The standard InChI is InChI=1S/C29H35N2O7P/c1-19(2)27(30-20(3)32)28(33)31-26(18-22-14-15-23-12-8-9-13-24(23)16-22)39(35,36)38-25(29(34)37-4)17-21-10-6-5-7-11-21/h5-16,19,25-27H,17-18H2,1-4H3,(H,30,32)(H,31,33)(H,35,36)/t25-,26-,27-/m0/s1. The molecule has 0 aliphatic carbocycles. The van der Waals surface area contributed by atoms with Crippen molar-refractivity contribution >= 4 is 36.2 Å². The number of amides is 2. The molecule has 3 N–H and O–H groups in total. The summed E-state index contributed by atoms with van der Waals surface area (Å²) in [4.78, 5) is 48.7. The second kappa shape index (κ2) is 13.5. The molecule has 0 fully saturated rings. The van der Waals surface area contributed by atoms with Crippen LogP contribution in [0.25, 0.3) is 10.8 Å². The first kappa shape index (κ1) is 30.0. The maximum absolute atomic E-state index is 13.8. The molecule has 1 unspecified atom stereocenters. The molecule has 0 bridgehead atoms. The predicted octanol–water partition coefficient (Wildman–Crippen LogP) is 3.97. The van der Waals surface area contributed by atoms with Crippen molar-refractivity contribution in [3.05, 3.63) is 83.9 Å². The number of nitrogens with one attached hydrogen (secondary N) is 2. The van der Waals surface area contributed by atoms with Gasteiger partial charge in [-0.3, -0.25) is 18.7 Å². The Balaban J connectivity index is 1.94. The topological polar surface area (TPSA) is 131 Å². The molecule has 10 heteroatoms. The third-order valence-electron chi connectivity index (χ3n) is 6.26. The number of methoxy groups -OCH3 is 1. The summed E-state index contributed by atoms with van der Waals surface area (Å²) in [7, 11) is -3.52. The molecule has 0 aromatic heterocycles. The third-order valence-corrected chi connectivity index (χ3v) is 7.92. The molecule has 0 radical (unpaired) electrons. The Labute approximate surface area is 228 Å². The van der Waals surface area contributed by atoms with Crippen LogP contribution in [0.15, 0.2) is 72.8 Å². The van der Waals surface area contributed by atoms with Gasteiger partial charge in [0.15, 0.2) is 6.10 Å². The molecule has 9 nitrogen and oxygen atoms in total. The first-order valence-corrected chi connectivity index (χ1v) is 14.3. The Morgan fingerprint density at radius 3 is 2.13 bits per heavy atom. The number of hydrogen-bond acceptors (Lipinski definition) is 6. The molecule has 3 aromatic carbocycles. The van der Waals surface area contributed by atoms with Gasteiger partial charge in [0.2, 0.25) is 11.8 Å². The van der Waals surface area contributed by atoms with Gasteiger partial charge in [-0.05, 0) is 27.8 Å². The van der Waals surface area contributed by atoms with Crippen LogP contribution in [0.5, 0.6) is 0 Å². The molecule has 0 aliphatic heterocycles. The fraction of sp³-hybridized carbons (Fsp3) is 0.345. The van der Waals surface area contributed by atoms with Crippen LogP contribution < -0.4 is 10.6 Å². The first-order chi connectivity index (χ1) is 18.5. The number of fused-ring (bicyclic) bond motifs is 1. The number of benzene rings is 3. The Morgan fingerprint density at radius 1 is 0.872 bits per heavy atom. The minimum atomic E-state index is -4.69. The molecule has 0 aliphatic rings. The number of carbonyl (C=O) groups is 3. The molecule has 0 saturated carbocycles. The number of carbonyl (C=O) groups excluding carboxylic acids is 3. The van der Waals surface area contributed by atoms with E-state index in [4.69, 9.17) is 9.26 Å². The fourth-order valence-corrected chi connectivity index (χ4v) is 5.63. The molecule has 208 valence electrons. The van der Waals surface area contributed by atoms with Gasteiger partial charge >= 0.3 is 13.6 Å². The zero-order valence-electron chi connectivity index (χ0n) is 22.5. The Hall–Kier alpha value is -3.52. The summed E-state index contributed by atoms with van der Waals surface area (Å²) < 4.78 is 24.2. The summed E-state index contributed by atoms with van der Waals surface area (Å²) in [5.74, 6) is -3.57. The van der Waals surface area contributed by atoms with Gasteiger partial charge in [0, 0.05) is 19.8 Å². The van der Waals surface area contributed by atoms with E-state index in [1.54, 1.807) is 44.2 Å². The van der Waals surface area contributed by atoms with Crippen molar-refractivity contribution in [3.63, 3.8) is 0 Å². The molecule has 0 saturated heterocycles. The van der Waals surface area contributed by atoms with Gasteiger partial charge < -0.3 is 20.3 Å². The van der Waals surface area contributed by atoms with Gasteiger partial charge in [-0.25, -0.2) is 4.79 Å². The number of rotatable bonds is 12. The third kappa shape index (κ3) is 8.48. The van der Waals surface area contributed by atoms with E-state index in [9.17, 15) is 23.8 Å². The largest absolute Gasteiger partial charge is 0.467 e. The van der Waals surface area contributed by atoms with E-state index in [1.165, 1.54) is 14.0 Å². The molecular formula is C29H35N2O7P. The smallest absolute Gasteiger partial charge is 0.351 e. The van der Waals surface area contributed by atoms with Crippen molar-refractivity contribution in [1.29, 1.82) is 0 Å². The van der Waals surface area contributed by atoms with Gasteiger partial charge in [0.05, 0.1) is 7.11 Å². The van der Waals surface area contributed by atoms with Crippen molar-refractivity contribution in [2.24, 2.45) is 5.92 Å². The van der Waals surface area contributed by atoms with Crippen LogP contribution in [0, 0.1) is 5.92 Å². The van der Waals surface area contributed by atoms with Crippen LogP contribution in [0.1, 0.15) is 31.9 Å². The molecule has 3 aromatic rings.